The number of nitro groups is 1. The molecule has 1 saturated carbocycles. The lowest BCUT2D eigenvalue weighted by atomic mass is 9.91. The van der Waals surface area contributed by atoms with Crippen molar-refractivity contribution in [2.45, 2.75) is 37.8 Å². The second-order valence-electron chi connectivity index (χ2n) is 2.87. The average Bonchev–Trinajstić information content (AvgIpc) is 2.04. The molecule has 0 aliphatic heterocycles. The zero-order chi connectivity index (χ0) is 8.27. The van der Waals surface area contributed by atoms with Crippen LogP contribution in [-0.4, -0.2) is 22.2 Å². The quantitative estimate of drug-likeness (QED) is 0.457. The summed E-state index contributed by atoms with van der Waals surface area (Å²) in [6, 6.07) is -0.951. The molecule has 11 heavy (non-hydrogen) atoms. The SMILES string of the molecule is O=[N+]([O-])C1CCCCC1NO. The molecular weight excluding hydrogens is 148 g/mol. The first-order chi connectivity index (χ1) is 5.25. The van der Waals surface area contributed by atoms with E-state index in [2.05, 4.69) is 0 Å². The highest BCUT2D eigenvalue weighted by molar-refractivity contribution is 4.77. The lowest BCUT2D eigenvalue weighted by molar-refractivity contribution is -0.531. The van der Waals surface area contributed by atoms with Gasteiger partial charge in [0.2, 0.25) is 6.04 Å². The van der Waals surface area contributed by atoms with Crippen molar-refractivity contribution in [2.24, 2.45) is 0 Å². The van der Waals surface area contributed by atoms with Crippen LogP contribution in [0.4, 0.5) is 0 Å². The smallest absolute Gasteiger partial charge is 0.230 e. The van der Waals surface area contributed by atoms with E-state index in [-0.39, 0.29) is 11.0 Å². The Kier molecular flexibility index (Phi) is 2.78. The van der Waals surface area contributed by atoms with E-state index in [1.165, 1.54) is 0 Å². The standard InChI is InChI=1S/C6H12N2O3/c9-7-5-3-1-2-4-6(5)8(10)11/h5-7,9H,1-4H2. The second-order valence-corrected chi connectivity index (χ2v) is 2.87. The average molecular weight is 160 g/mol. The predicted octanol–water partition coefficient (Wildman–Crippen LogP) is 0.553. The van der Waals surface area contributed by atoms with Crippen LogP contribution in [0.15, 0.2) is 0 Å². The Morgan fingerprint density at radius 1 is 1.45 bits per heavy atom. The van der Waals surface area contributed by atoms with Crippen molar-refractivity contribution in [1.82, 2.24) is 5.48 Å². The lowest BCUT2D eigenvalue weighted by Crippen LogP contribution is -2.44. The Balaban J connectivity index is 2.51. The van der Waals surface area contributed by atoms with Crippen LogP contribution in [0.5, 0.6) is 0 Å². The van der Waals surface area contributed by atoms with Crippen molar-refractivity contribution in [2.75, 3.05) is 0 Å². The van der Waals surface area contributed by atoms with Crippen LogP contribution < -0.4 is 5.48 Å². The van der Waals surface area contributed by atoms with E-state index >= 15 is 0 Å². The van der Waals surface area contributed by atoms with Crippen LogP contribution in [-0.2, 0) is 0 Å². The van der Waals surface area contributed by atoms with Crippen LogP contribution in [0.25, 0.3) is 0 Å². The molecule has 0 spiro atoms. The molecule has 5 nitrogen and oxygen atoms in total. The number of hydrogen-bond donors (Lipinski definition) is 2. The van der Waals surface area contributed by atoms with Gasteiger partial charge in [-0.1, -0.05) is 6.42 Å². The van der Waals surface area contributed by atoms with Gasteiger partial charge in [-0.05, 0) is 12.8 Å². The summed E-state index contributed by atoms with van der Waals surface area (Å²) in [6.45, 7) is 0. The molecular formula is C6H12N2O3. The van der Waals surface area contributed by atoms with Gasteiger partial charge in [0.05, 0.1) is 6.04 Å². The van der Waals surface area contributed by atoms with Crippen molar-refractivity contribution < 1.29 is 10.1 Å². The fraction of sp³-hybridized carbons (Fsp3) is 1.00. The fourth-order valence-electron chi connectivity index (χ4n) is 1.51. The molecule has 0 aromatic carbocycles. The number of nitrogens with one attached hydrogen (secondary N) is 1. The van der Waals surface area contributed by atoms with Gasteiger partial charge < -0.3 is 5.21 Å². The topological polar surface area (TPSA) is 75.4 Å². The Labute approximate surface area is 64.5 Å². The second kappa shape index (κ2) is 3.64. The van der Waals surface area contributed by atoms with Crippen molar-refractivity contribution in [3.05, 3.63) is 10.1 Å². The first-order valence-corrected chi connectivity index (χ1v) is 3.79. The maximum absolute atomic E-state index is 10.4. The first kappa shape index (κ1) is 8.42. The normalized spacial score (nSPS) is 31.7. The van der Waals surface area contributed by atoms with E-state index in [1.54, 1.807) is 0 Å². The highest BCUT2D eigenvalue weighted by Crippen LogP contribution is 2.19. The zero-order valence-corrected chi connectivity index (χ0v) is 6.19. The molecule has 1 fully saturated rings. The van der Waals surface area contributed by atoms with E-state index in [9.17, 15) is 10.1 Å². The summed E-state index contributed by atoms with van der Waals surface area (Å²) in [4.78, 5) is 10.1. The molecule has 0 aromatic rings. The van der Waals surface area contributed by atoms with Crippen molar-refractivity contribution in [3.63, 3.8) is 0 Å². The minimum atomic E-state index is -0.603. The van der Waals surface area contributed by atoms with Gasteiger partial charge in [-0.2, -0.15) is 5.48 Å². The monoisotopic (exact) mass is 160 g/mol. The predicted molar refractivity (Wildman–Crippen MR) is 38.0 cm³/mol. The number of hydroxylamine groups is 1. The Morgan fingerprint density at radius 3 is 2.55 bits per heavy atom. The van der Waals surface area contributed by atoms with Gasteiger partial charge in [-0.25, -0.2) is 0 Å². The molecule has 1 aliphatic rings. The van der Waals surface area contributed by atoms with Gasteiger partial charge in [-0.15, -0.1) is 0 Å². The van der Waals surface area contributed by atoms with E-state index in [1.807, 2.05) is 5.48 Å². The number of hydrogen-bond acceptors (Lipinski definition) is 4. The van der Waals surface area contributed by atoms with Gasteiger partial charge >= 0.3 is 0 Å². The fourth-order valence-corrected chi connectivity index (χ4v) is 1.51. The minimum absolute atomic E-state index is 0.312. The largest absolute Gasteiger partial charge is 0.316 e. The van der Waals surface area contributed by atoms with E-state index < -0.39 is 6.04 Å². The summed E-state index contributed by atoms with van der Waals surface area (Å²) in [5.41, 5.74) is 1.99. The molecule has 5 heteroatoms. The molecule has 0 bridgehead atoms. The summed E-state index contributed by atoms with van der Waals surface area (Å²) < 4.78 is 0. The summed E-state index contributed by atoms with van der Waals surface area (Å²) in [5, 5.41) is 18.9. The molecule has 0 radical (unpaired) electrons. The molecule has 0 heterocycles. The van der Waals surface area contributed by atoms with Gasteiger partial charge in [0.15, 0.2) is 0 Å². The van der Waals surface area contributed by atoms with Crippen molar-refractivity contribution >= 4 is 0 Å². The van der Waals surface area contributed by atoms with Gasteiger partial charge in [-0.3, -0.25) is 10.1 Å². The molecule has 1 rings (SSSR count). The van der Waals surface area contributed by atoms with Crippen molar-refractivity contribution in [1.29, 1.82) is 0 Å². The van der Waals surface area contributed by atoms with Gasteiger partial charge in [0.1, 0.15) is 0 Å². The summed E-state index contributed by atoms with van der Waals surface area (Å²) in [6.07, 6.45) is 3.12. The summed E-state index contributed by atoms with van der Waals surface area (Å²) in [7, 11) is 0. The Hall–Kier alpha value is -0.680. The first-order valence-electron chi connectivity index (χ1n) is 3.79. The molecule has 0 amide bonds. The van der Waals surface area contributed by atoms with Gasteiger partial charge in [0, 0.05) is 11.3 Å². The van der Waals surface area contributed by atoms with E-state index in [4.69, 9.17) is 5.21 Å². The van der Waals surface area contributed by atoms with Crippen molar-refractivity contribution in [3.8, 4) is 0 Å². The minimum Gasteiger partial charge on any atom is -0.316 e. The maximum Gasteiger partial charge on any atom is 0.230 e. The molecule has 64 valence electrons. The Morgan fingerprint density at radius 2 is 2.09 bits per heavy atom. The van der Waals surface area contributed by atoms with Crippen LogP contribution in [0.2, 0.25) is 0 Å². The Bertz CT molecular complexity index is 151. The summed E-state index contributed by atoms with van der Waals surface area (Å²) >= 11 is 0. The van der Waals surface area contributed by atoms with Crippen LogP contribution in [0, 0.1) is 10.1 Å². The molecule has 2 unspecified atom stereocenters. The maximum atomic E-state index is 10.4. The molecule has 1 aliphatic carbocycles. The van der Waals surface area contributed by atoms with Gasteiger partial charge in [0.25, 0.3) is 0 Å². The van der Waals surface area contributed by atoms with Crippen LogP contribution in [0.3, 0.4) is 0 Å². The lowest BCUT2D eigenvalue weighted by Gasteiger charge is -2.23. The van der Waals surface area contributed by atoms with Crippen LogP contribution in [0.1, 0.15) is 25.7 Å². The summed E-state index contributed by atoms with van der Waals surface area (Å²) in [5.74, 6) is 0. The van der Waals surface area contributed by atoms with E-state index in [0.29, 0.717) is 12.8 Å². The molecule has 2 N–H and O–H groups in total. The molecule has 0 saturated heterocycles. The molecule has 0 aromatic heterocycles. The highest BCUT2D eigenvalue weighted by Gasteiger charge is 2.33. The zero-order valence-electron chi connectivity index (χ0n) is 6.19. The third-order valence-corrected chi connectivity index (χ3v) is 2.17. The third kappa shape index (κ3) is 1.87. The van der Waals surface area contributed by atoms with E-state index in [0.717, 1.165) is 12.8 Å². The number of rotatable bonds is 2. The number of nitrogens with zero attached hydrogens (tertiary/aromatic N) is 1. The molecule has 2 atom stereocenters. The highest BCUT2D eigenvalue weighted by atomic mass is 16.6. The van der Waals surface area contributed by atoms with Crippen LogP contribution >= 0.6 is 0 Å². The third-order valence-electron chi connectivity index (χ3n) is 2.17.